The van der Waals surface area contributed by atoms with Crippen molar-refractivity contribution < 1.29 is 4.79 Å². The molecular weight excluding hydrogens is 411 g/mol. The second-order valence-electron chi connectivity index (χ2n) is 5.82. The molecule has 1 fully saturated rings. The van der Waals surface area contributed by atoms with Crippen LogP contribution in [0.3, 0.4) is 0 Å². The summed E-state index contributed by atoms with van der Waals surface area (Å²) in [4.78, 5) is 19.0. The first kappa shape index (κ1) is 23.2. The third-order valence-electron chi connectivity index (χ3n) is 4.01. The molecule has 1 aliphatic heterocycles. The van der Waals surface area contributed by atoms with Crippen LogP contribution >= 0.6 is 47.9 Å². The van der Waals surface area contributed by atoms with E-state index in [1.54, 1.807) is 5.38 Å². The molecule has 0 radical (unpaired) electrons. The van der Waals surface area contributed by atoms with Gasteiger partial charge < -0.3 is 11.1 Å². The normalized spacial score (nSPS) is 14.2. The van der Waals surface area contributed by atoms with E-state index < -0.39 is 0 Å². The summed E-state index contributed by atoms with van der Waals surface area (Å²) in [6.45, 7) is 5.66. The third-order valence-corrected chi connectivity index (χ3v) is 5.82. The summed E-state index contributed by atoms with van der Waals surface area (Å²) in [6, 6.07) is 6.23. The predicted molar refractivity (Wildman–Crippen MR) is 116 cm³/mol. The van der Waals surface area contributed by atoms with Crippen molar-refractivity contribution in [3.8, 4) is 0 Å². The summed E-state index contributed by atoms with van der Waals surface area (Å²) in [5.41, 5.74) is 9.16. The van der Waals surface area contributed by atoms with Crippen LogP contribution in [0.2, 0.25) is 0 Å². The number of carbonyl (C=O) groups excluding carboxylic acids is 1. The molecule has 1 saturated heterocycles. The van der Waals surface area contributed by atoms with E-state index in [0.717, 1.165) is 35.9 Å². The largest absolute Gasteiger partial charge is 0.325 e. The molecule has 144 valence electrons. The molecule has 0 atom stereocenters. The van der Waals surface area contributed by atoms with E-state index in [1.165, 1.54) is 28.4 Å². The maximum Gasteiger partial charge on any atom is 0.275 e. The number of rotatable bonds is 5. The van der Waals surface area contributed by atoms with Crippen molar-refractivity contribution >= 4 is 59.5 Å². The van der Waals surface area contributed by atoms with Gasteiger partial charge in [0.2, 0.25) is 0 Å². The number of nitrogens with one attached hydrogen (secondary N) is 1. The summed E-state index contributed by atoms with van der Waals surface area (Å²) in [5.74, 6) is 2.24. The summed E-state index contributed by atoms with van der Waals surface area (Å²) in [7, 11) is 0. The first-order valence-corrected chi connectivity index (χ1v) is 10.0. The van der Waals surface area contributed by atoms with Crippen LogP contribution in [0.15, 0.2) is 23.6 Å². The fourth-order valence-electron chi connectivity index (χ4n) is 2.68. The Morgan fingerprint density at radius 3 is 2.65 bits per heavy atom. The summed E-state index contributed by atoms with van der Waals surface area (Å²) >= 11 is 3.43. The highest BCUT2D eigenvalue weighted by atomic mass is 35.5. The molecule has 1 aromatic carbocycles. The highest BCUT2D eigenvalue weighted by Gasteiger charge is 2.14. The Labute approximate surface area is 175 Å². The van der Waals surface area contributed by atoms with E-state index in [1.807, 2.05) is 24.8 Å². The van der Waals surface area contributed by atoms with Crippen molar-refractivity contribution in [2.75, 3.05) is 29.9 Å². The van der Waals surface area contributed by atoms with E-state index in [0.29, 0.717) is 12.2 Å². The number of thiazole rings is 1. The molecule has 0 aliphatic carbocycles. The van der Waals surface area contributed by atoms with Gasteiger partial charge in [-0.2, -0.15) is 11.8 Å². The maximum absolute atomic E-state index is 12.3. The van der Waals surface area contributed by atoms with Gasteiger partial charge in [-0.1, -0.05) is 12.1 Å². The van der Waals surface area contributed by atoms with E-state index in [-0.39, 0.29) is 30.7 Å². The molecule has 0 bridgehead atoms. The van der Waals surface area contributed by atoms with Crippen LogP contribution in [0.4, 0.5) is 5.69 Å². The predicted octanol–water partition coefficient (Wildman–Crippen LogP) is 3.55. The lowest BCUT2D eigenvalue weighted by atomic mass is 10.1. The zero-order valence-electron chi connectivity index (χ0n) is 14.6. The van der Waals surface area contributed by atoms with Crippen molar-refractivity contribution in [3.05, 3.63) is 45.4 Å². The minimum Gasteiger partial charge on any atom is -0.325 e. The van der Waals surface area contributed by atoms with E-state index in [9.17, 15) is 4.79 Å². The van der Waals surface area contributed by atoms with Crippen molar-refractivity contribution in [3.63, 3.8) is 0 Å². The van der Waals surface area contributed by atoms with Crippen molar-refractivity contribution in [1.82, 2.24) is 9.88 Å². The van der Waals surface area contributed by atoms with Gasteiger partial charge in [0.05, 0.1) is 0 Å². The lowest BCUT2D eigenvalue weighted by Gasteiger charge is -2.26. The quantitative estimate of drug-likeness (QED) is 0.752. The number of aromatic nitrogens is 1. The van der Waals surface area contributed by atoms with Crippen LogP contribution in [0, 0.1) is 6.92 Å². The maximum atomic E-state index is 12.3. The van der Waals surface area contributed by atoms with Gasteiger partial charge in [0.25, 0.3) is 5.91 Å². The Balaban J connectivity index is 0.00000169. The minimum absolute atomic E-state index is 0. The Morgan fingerprint density at radius 1 is 1.31 bits per heavy atom. The standard InChI is InChI=1S/C17H22N4OS2.2ClH/c1-12-8-13(10-21-4-6-23-7-5-21)2-3-14(12)20-17(22)15-11-24-16(9-18)19-15;;/h2-3,8,11H,4-7,9-10,18H2,1H3,(H,20,22);2*1H. The molecule has 3 N–H and O–H groups in total. The molecule has 9 heteroatoms. The summed E-state index contributed by atoms with van der Waals surface area (Å²) < 4.78 is 0. The number of carbonyl (C=O) groups is 1. The van der Waals surface area contributed by atoms with E-state index in [2.05, 4.69) is 27.3 Å². The number of halogens is 2. The van der Waals surface area contributed by atoms with Gasteiger partial charge in [-0.05, 0) is 24.1 Å². The van der Waals surface area contributed by atoms with Gasteiger partial charge in [0.15, 0.2) is 0 Å². The first-order valence-electron chi connectivity index (χ1n) is 8.01. The van der Waals surface area contributed by atoms with Crippen molar-refractivity contribution in [2.45, 2.75) is 20.0 Å². The first-order chi connectivity index (χ1) is 11.7. The zero-order valence-corrected chi connectivity index (χ0v) is 17.8. The fraction of sp³-hybridized carbons (Fsp3) is 0.412. The van der Waals surface area contributed by atoms with Gasteiger partial charge in [0.1, 0.15) is 10.7 Å². The Hall–Kier alpha value is -0.830. The highest BCUT2D eigenvalue weighted by Crippen LogP contribution is 2.20. The molecule has 1 aromatic heterocycles. The molecular formula is C17H24Cl2N4OS2. The molecule has 3 rings (SSSR count). The fourth-order valence-corrected chi connectivity index (χ4v) is 4.31. The average Bonchev–Trinajstić information content (AvgIpc) is 3.07. The zero-order chi connectivity index (χ0) is 16.9. The molecule has 2 heterocycles. The van der Waals surface area contributed by atoms with Gasteiger partial charge in [-0.3, -0.25) is 9.69 Å². The number of thioether (sulfide) groups is 1. The van der Waals surface area contributed by atoms with Gasteiger partial charge in [0, 0.05) is 48.8 Å². The number of hydrogen-bond acceptors (Lipinski definition) is 6. The molecule has 26 heavy (non-hydrogen) atoms. The molecule has 0 unspecified atom stereocenters. The highest BCUT2D eigenvalue weighted by molar-refractivity contribution is 7.99. The minimum atomic E-state index is -0.185. The molecule has 1 aliphatic rings. The van der Waals surface area contributed by atoms with Crippen LogP contribution in [-0.4, -0.2) is 40.4 Å². The van der Waals surface area contributed by atoms with Crippen LogP contribution in [0.5, 0.6) is 0 Å². The number of aryl methyl sites for hydroxylation is 1. The van der Waals surface area contributed by atoms with Gasteiger partial charge in [-0.25, -0.2) is 4.98 Å². The monoisotopic (exact) mass is 434 g/mol. The number of hydrogen-bond donors (Lipinski definition) is 2. The van der Waals surface area contributed by atoms with Crippen LogP contribution in [0.1, 0.15) is 26.6 Å². The molecule has 2 aromatic rings. The number of nitrogens with two attached hydrogens (primary N) is 1. The van der Waals surface area contributed by atoms with Gasteiger partial charge >= 0.3 is 0 Å². The molecule has 5 nitrogen and oxygen atoms in total. The van der Waals surface area contributed by atoms with Crippen LogP contribution in [-0.2, 0) is 13.1 Å². The second-order valence-corrected chi connectivity index (χ2v) is 7.99. The van der Waals surface area contributed by atoms with Crippen molar-refractivity contribution in [1.29, 1.82) is 0 Å². The lowest BCUT2D eigenvalue weighted by Crippen LogP contribution is -2.31. The number of nitrogens with zero attached hydrogens (tertiary/aromatic N) is 2. The lowest BCUT2D eigenvalue weighted by molar-refractivity contribution is 0.102. The number of amides is 1. The Kier molecular flexibility index (Phi) is 9.92. The Bertz CT molecular complexity index is 721. The van der Waals surface area contributed by atoms with E-state index >= 15 is 0 Å². The smallest absolute Gasteiger partial charge is 0.275 e. The second kappa shape index (κ2) is 11.1. The van der Waals surface area contributed by atoms with E-state index in [4.69, 9.17) is 5.73 Å². The average molecular weight is 435 g/mol. The number of anilines is 1. The third kappa shape index (κ3) is 6.11. The topological polar surface area (TPSA) is 71.2 Å². The van der Waals surface area contributed by atoms with Crippen LogP contribution in [0.25, 0.3) is 0 Å². The summed E-state index contributed by atoms with van der Waals surface area (Å²) in [6.07, 6.45) is 0. The van der Waals surface area contributed by atoms with Gasteiger partial charge in [-0.15, -0.1) is 36.2 Å². The van der Waals surface area contributed by atoms with Crippen molar-refractivity contribution in [2.24, 2.45) is 5.73 Å². The summed E-state index contributed by atoms with van der Waals surface area (Å²) in [5, 5.41) is 5.46. The molecule has 0 spiro atoms. The number of benzene rings is 1. The Morgan fingerprint density at radius 2 is 2.04 bits per heavy atom. The van der Waals surface area contributed by atoms with Crippen LogP contribution < -0.4 is 11.1 Å². The SMILES string of the molecule is Cc1cc(CN2CCSCC2)ccc1NC(=O)c1csc(CN)n1.Cl.Cl. The molecule has 1 amide bonds. The molecule has 0 saturated carbocycles.